The number of thiophene rings is 1. The van der Waals surface area contributed by atoms with Gasteiger partial charge in [-0.25, -0.2) is 0 Å². The molecule has 0 aliphatic carbocycles. The number of nitrogens with zero attached hydrogens (tertiary/aromatic N) is 1. The lowest BCUT2D eigenvalue weighted by Gasteiger charge is -2.20. The van der Waals surface area contributed by atoms with Crippen molar-refractivity contribution in [3.05, 3.63) is 65.2 Å². The first kappa shape index (κ1) is 14.4. The van der Waals surface area contributed by atoms with E-state index in [1.807, 2.05) is 18.2 Å². The van der Waals surface area contributed by atoms with E-state index in [4.69, 9.17) is 8.53 Å². The average Bonchev–Trinajstić information content (AvgIpc) is 3.29. The SMILES string of the molecule is [2H]C([2H])([2H])c1cnc(-c2cccc3c2oc2c4ccsc4ccc32)cc1CC(C)(C)C. The van der Waals surface area contributed by atoms with E-state index in [1.54, 1.807) is 11.3 Å². The van der Waals surface area contributed by atoms with Gasteiger partial charge >= 0.3 is 0 Å². The minimum atomic E-state index is -2.19. The topological polar surface area (TPSA) is 26.0 Å². The van der Waals surface area contributed by atoms with Gasteiger partial charge < -0.3 is 4.42 Å². The van der Waals surface area contributed by atoms with Gasteiger partial charge in [-0.05, 0) is 65.5 Å². The predicted octanol–water partition coefficient (Wildman–Crippen LogP) is 7.76. The minimum Gasteiger partial charge on any atom is -0.455 e. The first-order chi connectivity index (χ1) is 14.6. The third-order valence-corrected chi connectivity index (χ3v) is 5.96. The Morgan fingerprint density at radius 1 is 1.04 bits per heavy atom. The molecule has 0 aliphatic rings. The normalized spacial score (nSPS) is 14.5. The zero-order chi connectivity index (χ0) is 22.0. The van der Waals surface area contributed by atoms with Crippen LogP contribution >= 0.6 is 11.3 Å². The molecular formula is C25H23NOS. The highest BCUT2D eigenvalue weighted by molar-refractivity contribution is 7.17. The number of aromatic nitrogens is 1. The van der Waals surface area contributed by atoms with Gasteiger partial charge in [-0.1, -0.05) is 32.9 Å². The molecular weight excluding hydrogens is 362 g/mol. The van der Waals surface area contributed by atoms with Crippen LogP contribution in [-0.2, 0) is 6.42 Å². The molecule has 0 atom stereocenters. The van der Waals surface area contributed by atoms with Crippen molar-refractivity contribution in [2.45, 2.75) is 34.0 Å². The highest BCUT2D eigenvalue weighted by Gasteiger charge is 2.18. The summed E-state index contributed by atoms with van der Waals surface area (Å²) < 4.78 is 31.4. The minimum absolute atomic E-state index is 0.0471. The Hall–Kier alpha value is -2.65. The van der Waals surface area contributed by atoms with Crippen molar-refractivity contribution in [3.63, 3.8) is 0 Å². The van der Waals surface area contributed by atoms with Gasteiger partial charge in [0.15, 0.2) is 0 Å². The van der Waals surface area contributed by atoms with E-state index in [-0.39, 0.29) is 5.41 Å². The Morgan fingerprint density at radius 3 is 2.71 bits per heavy atom. The summed E-state index contributed by atoms with van der Waals surface area (Å²) in [6.45, 7) is 4.15. The predicted molar refractivity (Wildman–Crippen MR) is 120 cm³/mol. The molecule has 5 rings (SSSR count). The molecule has 2 nitrogen and oxygen atoms in total. The first-order valence-corrected chi connectivity index (χ1v) is 10.3. The molecule has 3 aromatic heterocycles. The van der Waals surface area contributed by atoms with E-state index in [0.29, 0.717) is 12.0 Å². The van der Waals surface area contributed by atoms with Crippen molar-refractivity contribution in [1.29, 1.82) is 0 Å². The Labute approximate surface area is 173 Å². The van der Waals surface area contributed by atoms with Crippen LogP contribution in [0.2, 0.25) is 0 Å². The van der Waals surface area contributed by atoms with Gasteiger partial charge in [-0.15, -0.1) is 11.3 Å². The standard InChI is InChI=1S/C25H23NOS/c1-15-14-26-21(12-16(15)13-25(2,3)4)19-7-5-6-17-18-8-9-22-20(10-11-28-22)24(18)27-23(17)19/h5-12,14H,13H2,1-4H3/i1D3. The highest BCUT2D eigenvalue weighted by atomic mass is 32.1. The zero-order valence-corrected chi connectivity index (χ0v) is 17.0. The summed E-state index contributed by atoms with van der Waals surface area (Å²) >= 11 is 1.70. The van der Waals surface area contributed by atoms with Gasteiger partial charge in [0.25, 0.3) is 0 Å². The fourth-order valence-electron chi connectivity index (χ4n) is 3.86. The molecule has 0 saturated heterocycles. The molecule has 3 heterocycles. The van der Waals surface area contributed by atoms with E-state index in [1.165, 1.54) is 10.9 Å². The Kier molecular flexibility index (Phi) is 3.17. The lowest BCUT2D eigenvalue weighted by Crippen LogP contribution is -2.10. The van der Waals surface area contributed by atoms with E-state index >= 15 is 0 Å². The second-order valence-electron chi connectivity index (χ2n) is 8.52. The zero-order valence-electron chi connectivity index (χ0n) is 19.2. The molecule has 0 spiro atoms. The van der Waals surface area contributed by atoms with Crippen LogP contribution in [0.4, 0.5) is 0 Å². The van der Waals surface area contributed by atoms with Crippen LogP contribution in [-0.4, -0.2) is 4.98 Å². The molecule has 2 aromatic carbocycles. The summed E-state index contributed by atoms with van der Waals surface area (Å²) in [6, 6.07) is 14.3. The van der Waals surface area contributed by atoms with Gasteiger partial charge in [0.05, 0.1) is 5.69 Å². The lowest BCUT2D eigenvalue weighted by atomic mass is 9.86. The van der Waals surface area contributed by atoms with Gasteiger partial charge in [0.2, 0.25) is 0 Å². The Bertz CT molecular complexity index is 1440. The van der Waals surface area contributed by atoms with Crippen LogP contribution in [0, 0.1) is 12.3 Å². The number of aryl methyl sites for hydroxylation is 1. The number of pyridine rings is 1. The molecule has 0 bridgehead atoms. The second-order valence-corrected chi connectivity index (χ2v) is 9.47. The summed E-state index contributed by atoms with van der Waals surface area (Å²) in [7, 11) is 0. The number of furan rings is 1. The molecule has 0 aliphatic heterocycles. The molecule has 140 valence electrons. The van der Waals surface area contributed by atoms with Gasteiger partial charge in [-0.3, -0.25) is 4.98 Å². The third kappa shape index (κ3) is 2.82. The molecule has 0 amide bonds. The number of hydrogen-bond donors (Lipinski definition) is 0. The van der Waals surface area contributed by atoms with Crippen molar-refractivity contribution >= 4 is 43.4 Å². The van der Waals surface area contributed by atoms with Crippen LogP contribution in [0.15, 0.2) is 58.5 Å². The fourth-order valence-corrected chi connectivity index (χ4v) is 4.65. The lowest BCUT2D eigenvalue weighted by molar-refractivity contribution is 0.410. The molecule has 0 saturated carbocycles. The molecule has 0 N–H and O–H groups in total. The smallest absolute Gasteiger partial charge is 0.144 e. The van der Waals surface area contributed by atoms with Crippen LogP contribution in [0.3, 0.4) is 0 Å². The van der Waals surface area contributed by atoms with Crippen molar-refractivity contribution in [2.75, 3.05) is 0 Å². The molecule has 5 aromatic rings. The molecule has 0 unspecified atom stereocenters. The van der Waals surface area contributed by atoms with Gasteiger partial charge in [0.1, 0.15) is 11.2 Å². The van der Waals surface area contributed by atoms with Crippen LogP contribution < -0.4 is 0 Å². The van der Waals surface area contributed by atoms with Crippen molar-refractivity contribution < 1.29 is 8.53 Å². The molecule has 28 heavy (non-hydrogen) atoms. The fraction of sp³-hybridized carbons (Fsp3) is 0.240. The Morgan fingerprint density at radius 2 is 1.89 bits per heavy atom. The monoisotopic (exact) mass is 388 g/mol. The van der Waals surface area contributed by atoms with Crippen LogP contribution in [0.1, 0.15) is 36.0 Å². The average molecular weight is 389 g/mol. The number of rotatable bonds is 2. The largest absolute Gasteiger partial charge is 0.455 e. The first-order valence-electron chi connectivity index (χ1n) is 10.9. The maximum Gasteiger partial charge on any atom is 0.144 e. The number of fused-ring (bicyclic) bond motifs is 5. The summed E-state index contributed by atoms with van der Waals surface area (Å²) in [6.07, 6.45) is 2.17. The van der Waals surface area contributed by atoms with E-state index in [9.17, 15) is 0 Å². The molecule has 3 heteroatoms. The summed E-state index contributed by atoms with van der Waals surface area (Å²) in [5.74, 6) is 0. The van der Waals surface area contributed by atoms with Crippen molar-refractivity contribution in [3.8, 4) is 11.3 Å². The van der Waals surface area contributed by atoms with E-state index in [2.05, 4.69) is 55.4 Å². The van der Waals surface area contributed by atoms with Crippen LogP contribution in [0.5, 0.6) is 0 Å². The number of benzene rings is 2. The van der Waals surface area contributed by atoms with Crippen molar-refractivity contribution in [2.24, 2.45) is 5.41 Å². The summed E-state index contributed by atoms with van der Waals surface area (Å²) in [4.78, 5) is 4.56. The van der Waals surface area contributed by atoms with Gasteiger partial charge in [-0.2, -0.15) is 0 Å². The summed E-state index contributed by atoms with van der Waals surface area (Å²) in [5.41, 5.74) is 4.37. The van der Waals surface area contributed by atoms with Crippen molar-refractivity contribution in [1.82, 2.24) is 4.98 Å². The molecule has 0 fully saturated rings. The number of para-hydroxylation sites is 1. The maximum absolute atomic E-state index is 7.94. The maximum atomic E-state index is 7.94. The van der Waals surface area contributed by atoms with E-state index < -0.39 is 6.85 Å². The van der Waals surface area contributed by atoms with E-state index in [0.717, 1.165) is 44.1 Å². The quantitative estimate of drug-likeness (QED) is 0.309. The molecule has 0 radical (unpaired) electrons. The number of hydrogen-bond acceptors (Lipinski definition) is 3. The third-order valence-electron chi connectivity index (χ3n) is 5.08. The second kappa shape index (κ2) is 6.18. The Balaban J connectivity index is 1.75. The van der Waals surface area contributed by atoms with Crippen LogP contribution in [0.25, 0.3) is 43.3 Å². The van der Waals surface area contributed by atoms with Gasteiger partial charge in [0, 0.05) is 36.7 Å². The highest BCUT2D eigenvalue weighted by Crippen LogP contribution is 2.39. The summed E-state index contributed by atoms with van der Waals surface area (Å²) in [5, 5.41) is 5.31.